The first-order valence-electron chi connectivity index (χ1n) is 11.6. The number of aryl methyl sites for hydroxylation is 1. The Morgan fingerprint density at radius 2 is 1.67 bits per heavy atom. The molecule has 0 bridgehead atoms. The predicted molar refractivity (Wildman–Crippen MR) is 135 cm³/mol. The van der Waals surface area contributed by atoms with Crippen LogP contribution in [0.5, 0.6) is 0 Å². The number of rotatable bonds is 4. The molecule has 3 heterocycles. The first-order valence-corrected chi connectivity index (χ1v) is 11.6. The van der Waals surface area contributed by atoms with Crippen LogP contribution >= 0.6 is 0 Å². The van der Waals surface area contributed by atoms with Crippen LogP contribution in [0.4, 0.5) is 11.5 Å². The molecule has 1 aliphatic rings. The second-order valence-corrected chi connectivity index (χ2v) is 8.52. The molecule has 2 aromatic carbocycles. The highest BCUT2D eigenvalue weighted by Gasteiger charge is 2.14. The van der Waals surface area contributed by atoms with Gasteiger partial charge in [-0.15, -0.1) is 0 Å². The molecule has 0 amide bonds. The Balaban J connectivity index is 1.44. The smallest absolute Gasteiger partial charge is 0.180 e. The van der Waals surface area contributed by atoms with Gasteiger partial charge in [0.25, 0.3) is 0 Å². The van der Waals surface area contributed by atoms with E-state index in [1.54, 1.807) is 0 Å². The van der Waals surface area contributed by atoms with Gasteiger partial charge in [-0.3, -0.25) is 4.40 Å². The fraction of sp³-hybridized carbons (Fsp3) is 0.214. The summed E-state index contributed by atoms with van der Waals surface area (Å²) in [6, 6.07) is 25.5. The molecule has 0 atom stereocenters. The summed E-state index contributed by atoms with van der Waals surface area (Å²) >= 11 is 0. The Bertz CT molecular complexity index is 1270. The number of nitrogens with one attached hydrogen (secondary N) is 2. The second kappa shape index (κ2) is 9.84. The van der Waals surface area contributed by atoms with Gasteiger partial charge in [-0.25, -0.2) is 9.97 Å². The van der Waals surface area contributed by atoms with E-state index in [1.807, 2.05) is 18.6 Å². The van der Waals surface area contributed by atoms with E-state index in [4.69, 9.17) is 4.98 Å². The van der Waals surface area contributed by atoms with Gasteiger partial charge in [0, 0.05) is 23.6 Å². The van der Waals surface area contributed by atoms with Crippen molar-refractivity contribution in [3.05, 3.63) is 103 Å². The highest BCUT2D eigenvalue weighted by atomic mass is 15.1. The van der Waals surface area contributed by atoms with Crippen molar-refractivity contribution in [3.63, 3.8) is 0 Å². The van der Waals surface area contributed by atoms with Crippen molar-refractivity contribution < 1.29 is 0 Å². The monoisotopic (exact) mass is 435 g/mol. The summed E-state index contributed by atoms with van der Waals surface area (Å²) < 4.78 is 2.08. The van der Waals surface area contributed by atoms with E-state index in [2.05, 4.69) is 99.7 Å². The van der Waals surface area contributed by atoms with E-state index in [0.717, 1.165) is 41.5 Å². The fourth-order valence-electron chi connectivity index (χ4n) is 4.44. The maximum atomic E-state index is 4.72. The van der Waals surface area contributed by atoms with E-state index in [1.165, 1.54) is 24.0 Å². The summed E-state index contributed by atoms with van der Waals surface area (Å²) in [7, 11) is 0. The average Bonchev–Trinajstić information content (AvgIpc) is 3.34. The van der Waals surface area contributed by atoms with Crippen molar-refractivity contribution in [2.45, 2.75) is 25.7 Å². The number of hydrogen-bond acceptors (Lipinski definition) is 4. The van der Waals surface area contributed by atoms with Crippen molar-refractivity contribution in [1.82, 2.24) is 19.7 Å². The van der Waals surface area contributed by atoms with Crippen LogP contribution in [0.25, 0.3) is 16.9 Å². The minimum absolute atomic E-state index is 0.631. The maximum Gasteiger partial charge on any atom is 0.180 e. The summed E-state index contributed by atoms with van der Waals surface area (Å²) in [5, 5.41) is 6.90. The molecular formula is C28H29N5. The van der Waals surface area contributed by atoms with Crippen molar-refractivity contribution in [2.24, 2.45) is 0 Å². The molecule has 2 N–H and O–H groups in total. The molecular weight excluding hydrogens is 406 g/mol. The van der Waals surface area contributed by atoms with Crippen LogP contribution in [0.1, 0.15) is 29.9 Å². The topological polar surface area (TPSA) is 54.2 Å². The maximum absolute atomic E-state index is 4.72. The van der Waals surface area contributed by atoms with Crippen LogP contribution in [0.3, 0.4) is 0 Å². The summed E-state index contributed by atoms with van der Waals surface area (Å²) in [6.07, 6.45) is 8.09. The molecule has 5 rings (SSSR count). The summed E-state index contributed by atoms with van der Waals surface area (Å²) in [6.45, 7) is 4.30. The Labute approximate surface area is 194 Å². The number of anilines is 2. The van der Waals surface area contributed by atoms with E-state index in [-0.39, 0.29) is 0 Å². The molecule has 1 saturated heterocycles. The largest absolute Gasteiger partial charge is 0.337 e. The molecule has 0 saturated carbocycles. The molecule has 1 aliphatic heterocycles. The van der Waals surface area contributed by atoms with Crippen molar-refractivity contribution in [2.75, 3.05) is 18.4 Å². The molecule has 4 aromatic rings. The number of imidazole rings is 1. The second-order valence-electron chi connectivity index (χ2n) is 8.52. The van der Waals surface area contributed by atoms with Gasteiger partial charge in [0.15, 0.2) is 11.5 Å². The quantitative estimate of drug-likeness (QED) is 0.410. The molecule has 1 fully saturated rings. The molecule has 0 spiro atoms. The van der Waals surface area contributed by atoms with Crippen molar-refractivity contribution in [3.8, 4) is 11.3 Å². The lowest BCUT2D eigenvalue weighted by atomic mass is 9.91. The van der Waals surface area contributed by atoms with Gasteiger partial charge < -0.3 is 10.6 Å². The zero-order chi connectivity index (χ0) is 22.5. The Morgan fingerprint density at radius 3 is 2.42 bits per heavy atom. The van der Waals surface area contributed by atoms with Gasteiger partial charge in [0.05, 0.1) is 11.9 Å². The van der Waals surface area contributed by atoms with Gasteiger partial charge in [0.2, 0.25) is 0 Å². The predicted octanol–water partition coefficient (Wildman–Crippen LogP) is 6.04. The normalized spacial score (nSPS) is 14.1. The average molecular weight is 436 g/mol. The van der Waals surface area contributed by atoms with Gasteiger partial charge in [-0.1, -0.05) is 60.2 Å². The lowest BCUT2D eigenvalue weighted by molar-refractivity contribution is 0.460. The lowest BCUT2D eigenvalue weighted by Gasteiger charge is -2.22. The lowest BCUT2D eigenvalue weighted by Crippen LogP contribution is -2.26. The van der Waals surface area contributed by atoms with E-state index < -0.39 is 0 Å². The zero-order valence-electron chi connectivity index (χ0n) is 18.9. The number of fused-ring (bicyclic) bond motifs is 1. The SMILES string of the molecule is Cc1cccc(-c2cnc(Nc3ccccc(C4CCNCC4)cccc3)c3nccn23)c1. The molecule has 166 valence electrons. The van der Waals surface area contributed by atoms with Crippen LogP contribution in [-0.2, 0) is 0 Å². The Hall–Kier alpha value is -3.70. The van der Waals surface area contributed by atoms with E-state index in [0.29, 0.717) is 5.92 Å². The molecule has 0 unspecified atom stereocenters. The molecule has 0 radical (unpaired) electrons. The summed E-state index contributed by atoms with van der Waals surface area (Å²) in [5.74, 6) is 1.36. The number of aromatic nitrogens is 3. The zero-order valence-corrected chi connectivity index (χ0v) is 18.9. The Kier molecular flexibility index (Phi) is 6.31. The van der Waals surface area contributed by atoms with Crippen molar-refractivity contribution in [1.29, 1.82) is 0 Å². The first-order chi connectivity index (χ1) is 16.3. The van der Waals surface area contributed by atoms with E-state index in [9.17, 15) is 0 Å². The fourth-order valence-corrected chi connectivity index (χ4v) is 4.44. The summed E-state index contributed by atoms with van der Waals surface area (Å²) in [4.78, 5) is 9.29. The minimum atomic E-state index is 0.631. The molecule has 5 heteroatoms. The van der Waals surface area contributed by atoms with Crippen LogP contribution in [-0.4, -0.2) is 27.5 Å². The highest BCUT2D eigenvalue weighted by Crippen LogP contribution is 2.26. The first kappa shape index (κ1) is 21.2. The highest BCUT2D eigenvalue weighted by molar-refractivity contribution is 5.74. The van der Waals surface area contributed by atoms with Crippen molar-refractivity contribution >= 4 is 17.2 Å². The standard InChI is InChI=1S/C28H29N5/c1-21-7-6-10-24(19-21)26-20-31-27(28-30-17-18-33(26)28)32-25-11-4-2-8-22(9-3-5-12-25)23-13-15-29-16-14-23/h2-12,17-20,23,29H,13-16H2,1H3,(H,31,32). The number of piperidine rings is 1. The minimum Gasteiger partial charge on any atom is -0.337 e. The van der Waals surface area contributed by atoms with Crippen LogP contribution in [0, 0.1) is 6.92 Å². The van der Waals surface area contributed by atoms with E-state index >= 15 is 0 Å². The summed E-state index contributed by atoms with van der Waals surface area (Å²) in [5.41, 5.74) is 6.51. The van der Waals surface area contributed by atoms with Crippen LogP contribution in [0.2, 0.25) is 0 Å². The third kappa shape index (κ3) is 4.89. The van der Waals surface area contributed by atoms with Gasteiger partial charge >= 0.3 is 0 Å². The third-order valence-electron chi connectivity index (χ3n) is 6.17. The van der Waals surface area contributed by atoms with Gasteiger partial charge in [-0.2, -0.15) is 0 Å². The molecule has 0 aliphatic carbocycles. The van der Waals surface area contributed by atoms with Crippen LogP contribution in [0.15, 0.2) is 91.4 Å². The Morgan fingerprint density at radius 1 is 0.909 bits per heavy atom. The molecule has 33 heavy (non-hydrogen) atoms. The number of nitrogens with zero attached hydrogens (tertiary/aromatic N) is 3. The van der Waals surface area contributed by atoms with Crippen LogP contribution < -0.4 is 10.6 Å². The van der Waals surface area contributed by atoms with Gasteiger partial charge in [0.1, 0.15) is 0 Å². The van der Waals surface area contributed by atoms with Gasteiger partial charge in [-0.05, 0) is 62.5 Å². The number of hydrogen-bond donors (Lipinski definition) is 2. The number of benzene rings is 1. The molecule has 5 nitrogen and oxygen atoms in total. The third-order valence-corrected chi connectivity index (χ3v) is 6.17. The molecule has 2 aromatic heterocycles.